The molecule has 0 aromatic heterocycles. The predicted octanol–water partition coefficient (Wildman–Crippen LogP) is 3.22. The summed E-state index contributed by atoms with van der Waals surface area (Å²) in [7, 11) is -1.92. The standard InChI is InChI=1S/C19H31NO5S/c1-5-7-8-17(6-2)19(21)20(13-14-24-3)15-16-9-11-18(12-10-16)25-26(4,22)23/h9-12,17H,5-8,13-15H2,1-4H3/t17-/m0/s1. The van der Waals surface area contributed by atoms with Gasteiger partial charge in [0.2, 0.25) is 5.91 Å². The second-order valence-electron chi connectivity index (χ2n) is 6.43. The summed E-state index contributed by atoms with van der Waals surface area (Å²) in [5, 5.41) is 0. The van der Waals surface area contributed by atoms with Gasteiger partial charge in [-0.05, 0) is 30.5 Å². The van der Waals surface area contributed by atoms with Crippen molar-refractivity contribution in [2.45, 2.75) is 46.1 Å². The lowest BCUT2D eigenvalue weighted by Gasteiger charge is -2.27. The number of ether oxygens (including phenoxy) is 1. The topological polar surface area (TPSA) is 72.9 Å². The molecule has 0 aliphatic carbocycles. The van der Waals surface area contributed by atoms with Gasteiger partial charge < -0.3 is 13.8 Å². The van der Waals surface area contributed by atoms with E-state index in [4.69, 9.17) is 8.92 Å². The SMILES string of the molecule is CCCC[C@H](CC)C(=O)N(CCOC)Cc1ccc(OS(C)(=O)=O)cc1. The fourth-order valence-corrected chi connectivity index (χ4v) is 3.19. The Kier molecular flexibility index (Phi) is 9.65. The molecule has 0 bridgehead atoms. The van der Waals surface area contributed by atoms with Crippen molar-refractivity contribution in [3.63, 3.8) is 0 Å². The third-order valence-corrected chi connectivity index (χ3v) is 4.66. The number of carbonyl (C=O) groups is 1. The van der Waals surface area contributed by atoms with Crippen LogP contribution in [-0.4, -0.2) is 45.7 Å². The fraction of sp³-hybridized carbons (Fsp3) is 0.632. The molecule has 1 aromatic carbocycles. The molecule has 0 unspecified atom stereocenters. The van der Waals surface area contributed by atoms with E-state index in [0.29, 0.717) is 19.7 Å². The highest BCUT2D eigenvalue weighted by Crippen LogP contribution is 2.19. The monoisotopic (exact) mass is 385 g/mol. The third-order valence-electron chi connectivity index (χ3n) is 4.17. The van der Waals surface area contributed by atoms with E-state index in [1.165, 1.54) is 0 Å². The second-order valence-corrected chi connectivity index (χ2v) is 8.01. The highest BCUT2D eigenvalue weighted by Gasteiger charge is 2.22. The van der Waals surface area contributed by atoms with Crippen LogP contribution in [0.3, 0.4) is 0 Å². The number of nitrogens with zero attached hydrogens (tertiary/aromatic N) is 1. The Morgan fingerprint density at radius 2 is 1.85 bits per heavy atom. The van der Waals surface area contributed by atoms with Gasteiger partial charge in [-0.25, -0.2) is 0 Å². The van der Waals surface area contributed by atoms with Crippen LogP contribution in [0, 0.1) is 5.92 Å². The number of hydrogen-bond donors (Lipinski definition) is 0. The summed E-state index contributed by atoms with van der Waals surface area (Å²) in [5.74, 6) is 0.439. The van der Waals surface area contributed by atoms with E-state index in [0.717, 1.165) is 37.5 Å². The maximum absolute atomic E-state index is 12.9. The molecule has 0 fully saturated rings. The molecular weight excluding hydrogens is 354 g/mol. The minimum Gasteiger partial charge on any atom is -0.383 e. The van der Waals surface area contributed by atoms with Crippen LogP contribution in [0.1, 0.15) is 45.1 Å². The molecule has 0 saturated heterocycles. The normalized spacial score (nSPS) is 12.6. The van der Waals surface area contributed by atoms with E-state index in [1.807, 2.05) is 11.8 Å². The van der Waals surface area contributed by atoms with E-state index in [-0.39, 0.29) is 17.6 Å². The average Bonchev–Trinajstić information content (AvgIpc) is 2.59. The van der Waals surface area contributed by atoms with Crippen LogP contribution in [0.25, 0.3) is 0 Å². The molecule has 1 rings (SSSR count). The summed E-state index contributed by atoms with van der Waals surface area (Å²) in [6.45, 7) is 5.64. The first-order chi connectivity index (χ1) is 12.3. The number of carbonyl (C=O) groups excluding carboxylic acids is 1. The van der Waals surface area contributed by atoms with Gasteiger partial charge in [0.05, 0.1) is 12.9 Å². The van der Waals surface area contributed by atoms with Gasteiger partial charge in [0.15, 0.2) is 0 Å². The quantitative estimate of drug-likeness (QED) is 0.517. The molecule has 0 saturated carbocycles. The zero-order valence-corrected chi connectivity index (χ0v) is 17.0. The summed E-state index contributed by atoms with van der Waals surface area (Å²) >= 11 is 0. The predicted molar refractivity (Wildman–Crippen MR) is 103 cm³/mol. The number of methoxy groups -OCH3 is 1. The largest absolute Gasteiger partial charge is 0.383 e. The number of hydrogen-bond acceptors (Lipinski definition) is 5. The van der Waals surface area contributed by atoms with Crippen molar-refractivity contribution in [1.82, 2.24) is 4.90 Å². The second kappa shape index (κ2) is 11.2. The van der Waals surface area contributed by atoms with E-state index < -0.39 is 10.1 Å². The summed E-state index contributed by atoms with van der Waals surface area (Å²) < 4.78 is 32.3. The molecule has 6 nitrogen and oxygen atoms in total. The van der Waals surface area contributed by atoms with Gasteiger partial charge in [0.25, 0.3) is 0 Å². The van der Waals surface area contributed by atoms with Crippen LogP contribution in [0.5, 0.6) is 5.75 Å². The Labute approximate surface area is 157 Å². The van der Waals surface area contributed by atoms with E-state index >= 15 is 0 Å². The number of amides is 1. The summed E-state index contributed by atoms with van der Waals surface area (Å²) in [5.41, 5.74) is 0.917. The molecule has 1 aromatic rings. The van der Waals surface area contributed by atoms with Crippen molar-refractivity contribution >= 4 is 16.0 Å². The van der Waals surface area contributed by atoms with Crippen molar-refractivity contribution in [2.75, 3.05) is 26.5 Å². The average molecular weight is 386 g/mol. The smallest absolute Gasteiger partial charge is 0.306 e. The molecule has 26 heavy (non-hydrogen) atoms. The molecule has 0 heterocycles. The van der Waals surface area contributed by atoms with Gasteiger partial charge in [0.1, 0.15) is 5.75 Å². The first-order valence-corrected chi connectivity index (χ1v) is 10.9. The highest BCUT2D eigenvalue weighted by atomic mass is 32.2. The molecule has 0 radical (unpaired) electrons. The molecule has 148 valence electrons. The minimum absolute atomic E-state index is 0.0275. The van der Waals surface area contributed by atoms with Gasteiger partial charge in [0, 0.05) is 26.1 Å². The lowest BCUT2D eigenvalue weighted by atomic mass is 9.97. The van der Waals surface area contributed by atoms with Crippen LogP contribution in [0.2, 0.25) is 0 Å². The van der Waals surface area contributed by atoms with Crippen LogP contribution in [0.15, 0.2) is 24.3 Å². The van der Waals surface area contributed by atoms with Gasteiger partial charge in [-0.2, -0.15) is 8.42 Å². The molecule has 1 amide bonds. The Balaban J connectivity index is 2.84. The number of unbranched alkanes of at least 4 members (excludes halogenated alkanes) is 1. The first kappa shape index (κ1) is 22.4. The van der Waals surface area contributed by atoms with E-state index in [2.05, 4.69) is 6.92 Å². The molecule has 1 atom stereocenters. The number of benzene rings is 1. The van der Waals surface area contributed by atoms with Crippen LogP contribution in [-0.2, 0) is 26.2 Å². The molecule has 0 spiro atoms. The molecule has 7 heteroatoms. The zero-order chi connectivity index (χ0) is 19.6. The number of rotatable bonds is 12. The maximum Gasteiger partial charge on any atom is 0.306 e. The highest BCUT2D eigenvalue weighted by molar-refractivity contribution is 7.86. The van der Waals surface area contributed by atoms with Crippen molar-refractivity contribution in [2.24, 2.45) is 5.92 Å². The van der Waals surface area contributed by atoms with Gasteiger partial charge in [-0.3, -0.25) is 4.79 Å². The lowest BCUT2D eigenvalue weighted by molar-refractivity contribution is -0.137. The van der Waals surface area contributed by atoms with Gasteiger partial charge in [-0.15, -0.1) is 0 Å². The van der Waals surface area contributed by atoms with Gasteiger partial charge >= 0.3 is 10.1 Å². The van der Waals surface area contributed by atoms with Crippen molar-refractivity contribution in [1.29, 1.82) is 0 Å². The third kappa shape index (κ3) is 8.19. The fourth-order valence-electron chi connectivity index (χ4n) is 2.73. The summed E-state index contributed by atoms with van der Waals surface area (Å²) in [6, 6.07) is 6.76. The van der Waals surface area contributed by atoms with E-state index in [9.17, 15) is 13.2 Å². The lowest BCUT2D eigenvalue weighted by Crippen LogP contribution is -2.37. The minimum atomic E-state index is -3.54. The van der Waals surface area contributed by atoms with Crippen LogP contribution in [0.4, 0.5) is 0 Å². The van der Waals surface area contributed by atoms with Crippen molar-refractivity contribution in [3.8, 4) is 5.75 Å². The first-order valence-electron chi connectivity index (χ1n) is 9.06. The van der Waals surface area contributed by atoms with E-state index in [1.54, 1.807) is 31.4 Å². The molecule has 0 aliphatic heterocycles. The molecule has 0 N–H and O–H groups in total. The van der Waals surface area contributed by atoms with Crippen molar-refractivity contribution in [3.05, 3.63) is 29.8 Å². The Morgan fingerprint density at radius 1 is 1.19 bits per heavy atom. The van der Waals surface area contributed by atoms with Gasteiger partial charge in [-0.1, -0.05) is 38.8 Å². The Bertz CT molecular complexity index is 642. The van der Waals surface area contributed by atoms with Crippen LogP contribution >= 0.6 is 0 Å². The zero-order valence-electron chi connectivity index (χ0n) is 16.2. The summed E-state index contributed by atoms with van der Waals surface area (Å²) in [4.78, 5) is 14.7. The molecule has 0 aliphatic rings. The maximum atomic E-state index is 12.9. The summed E-state index contributed by atoms with van der Waals surface area (Å²) in [6.07, 6.45) is 4.84. The Hall–Kier alpha value is -1.60. The van der Waals surface area contributed by atoms with Crippen LogP contribution < -0.4 is 4.18 Å². The van der Waals surface area contributed by atoms with Crippen molar-refractivity contribution < 1.29 is 22.1 Å². The Morgan fingerprint density at radius 3 is 2.35 bits per heavy atom. The molecular formula is C19H31NO5S.